The Balaban J connectivity index is 2.33. The maximum Gasteiger partial charge on any atom is 0.166 e. The van der Waals surface area contributed by atoms with Gasteiger partial charge < -0.3 is 4.90 Å². The zero-order valence-corrected chi connectivity index (χ0v) is 8.02. The van der Waals surface area contributed by atoms with Gasteiger partial charge >= 0.3 is 0 Å². The first-order chi connectivity index (χ1) is 7.18. The van der Waals surface area contributed by atoms with Crippen LogP contribution in [0.15, 0.2) is 6.07 Å². The second-order valence-electron chi connectivity index (χ2n) is 3.96. The van der Waals surface area contributed by atoms with Gasteiger partial charge in [-0.05, 0) is 12.5 Å². The molecule has 2 aliphatic rings. The van der Waals surface area contributed by atoms with Crippen molar-refractivity contribution in [3.63, 3.8) is 0 Å². The van der Waals surface area contributed by atoms with Crippen LogP contribution in [-0.2, 0) is 6.42 Å². The number of halogens is 2. The van der Waals surface area contributed by atoms with E-state index in [1.54, 1.807) is 0 Å². The molecule has 4 heteroatoms. The summed E-state index contributed by atoms with van der Waals surface area (Å²) in [4.78, 5) is 13.5. The lowest BCUT2D eigenvalue weighted by atomic mass is 9.98. The van der Waals surface area contributed by atoms with E-state index in [4.69, 9.17) is 0 Å². The van der Waals surface area contributed by atoms with Crippen LogP contribution in [0.25, 0.3) is 0 Å². The highest BCUT2D eigenvalue weighted by Gasteiger charge is 2.33. The van der Waals surface area contributed by atoms with Crippen molar-refractivity contribution in [2.45, 2.75) is 12.8 Å². The van der Waals surface area contributed by atoms with Gasteiger partial charge in [-0.3, -0.25) is 4.79 Å². The van der Waals surface area contributed by atoms with Crippen molar-refractivity contribution in [3.05, 3.63) is 28.8 Å². The monoisotopic (exact) mass is 209 g/mol. The van der Waals surface area contributed by atoms with E-state index in [9.17, 15) is 13.6 Å². The van der Waals surface area contributed by atoms with Crippen molar-refractivity contribution in [1.29, 1.82) is 0 Å². The summed E-state index contributed by atoms with van der Waals surface area (Å²) < 4.78 is 26.6. The lowest BCUT2D eigenvalue weighted by molar-refractivity contribution is 0.0980. The zero-order chi connectivity index (χ0) is 10.6. The molecular weight excluding hydrogens is 200 g/mol. The number of benzene rings is 1. The maximum absolute atomic E-state index is 13.4. The van der Waals surface area contributed by atoms with Crippen LogP contribution in [-0.4, -0.2) is 18.9 Å². The average Bonchev–Trinajstić information content (AvgIpc) is 2.64. The number of carbonyl (C=O) groups excluding carboxylic acids is 1. The number of carbonyl (C=O) groups is 1. The third-order valence-corrected chi connectivity index (χ3v) is 3.14. The molecule has 15 heavy (non-hydrogen) atoms. The van der Waals surface area contributed by atoms with E-state index in [1.807, 2.05) is 4.90 Å². The van der Waals surface area contributed by atoms with Gasteiger partial charge in [0, 0.05) is 30.6 Å². The Morgan fingerprint density at radius 1 is 1.20 bits per heavy atom. The lowest BCUT2D eigenvalue weighted by Gasteiger charge is -2.26. The molecule has 0 aromatic heterocycles. The Labute approximate surface area is 85.5 Å². The third-order valence-electron chi connectivity index (χ3n) is 3.14. The van der Waals surface area contributed by atoms with Gasteiger partial charge in [-0.25, -0.2) is 8.78 Å². The maximum atomic E-state index is 13.4. The Hall–Kier alpha value is -1.45. The number of hydrogen-bond acceptors (Lipinski definition) is 2. The molecule has 0 bridgehead atoms. The summed E-state index contributed by atoms with van der Waals surface area (Å²) in [6, 6.07) is 1.04. The van der Waals surface area contributed by atoms with Crippen LogP contribution in [0.3, 0.4) is 0 Å². The molecule has 2 aliphatic heterocycles. The first-order valence-corrected chi connectivity index (χ1v) is 4.97. The van der Waals surface area contributed by atoms with Gasteiger partial charge in [0.25, 0.3) is 0 Å². The van der Waals surface area contributed by atoms with Gasteiger partial charge in [-0.2, -0.15) is 0 Å². The Bertz CT molecular complexity index is 470. The van der Waals surface area contributed by atoms with Gasteiger partial charge in [0.15, 0.2) is 17.4 Å². The number of hydrogen-bond donors (Lipinski definition) is 0. The van der Waals surface area contributed by atoms with E-state index in [-0.39, 0.29) is 5.78 Å². The molecule has 0 radical (unpaired) electrons. The molecule has 3 rings (SSSR count). The first-order valence-electron chi connectivity index (χ1n) is 4.97. The van der Waals surface area contributed by atoms with Gasteiger partial charge in [0.05, 0.1) is 5.69 Å². The van der Waals surface area contributed by atoms with E-state index >= 15 is 0 Å². The summed E-state index contributed by atoms with van der Waals surface area (Å²) in [6.07, 6.45) is 0.900. The minimum atomic E-state index is -0.902. The number of anilines is 1. The van der Waals surface area contributed by atoms with Crippen molar-refractivity contribution in [2.24, 2.45) is 0 Å². The molecule has 0 amide bonds. The number of rotatable bonds is 0. The van der Waals surface area contributed by atoms with Crippen LogP contribution < -0.4 is 4.90 Å². The van der Waals surface area contributed by atoms with Crippen LogP contribution in [0.4, 0.5) is 14.5 Å². The molecule has 0 aliphatic carbocycles. The fraction of sp³-hybridized carbons (Fsp3) is 0.364. The third kappa shape index (κ3) is 1.05. The average molecular weight is 209 g/mol. The molecule has 1 aromatic rings. The van der Waals surface area contributed by atoms with Crippen molar-refractivity contribution < 1.29 is 13.6 Å². The molecule has 2 heterocycles. The molecule has 0 atom stereocenters. The predicted molar refractivity (Wildman–Crippen MR) is 51.2 cm³/mol. The number of Topliss-reactive ketones (excluding diaryl/α,β-unsaturated/α-hetero) is 1. The molecule has 2 nitrogen and oxygen atoms in total. The van der Waals surface area contributed by atoms with E-state index in [0.29, 0.717) is 42.7 Å². The summed E-state index contributed by atoms with van der Waals surface area (Å²) in [6.45, 7) is 1.32. The van der Waals surface area contributed by atoms with Gasteiger partial charge in [-0.15, -0.1) is 0 Å². The van der Waals surface area contributed by atoms with Crippen LogP contribution in [0, 0.1) is 11.6 Å². The normalized spacial score (nSPS) is 18.3. The highest BCUT2D eigenvalue weighted by molar-refractivity contribution is 6.04. The Morgan fingerprint density at radius 3 is 2.73 bits per heavy atom. The van der Waals surface area contributed by atoms with Crippen molar-refractivity contribution in [1.82, 2.24) is 0 Å². The van der Waals surface area contributed by atoms with Crippen molar-refractivity contribution >= 4 is 11.5 Å². The van der Waals surface area contributed by atoms with Crippen molar-refractivity contribution in [3.8, 4) is 0 Å². The summed E-state index contributed by atoms with van der Waals surface area (Å²) in [5.41, 5.74) is 1.36. The van der Waals surface area contributed by atoms with Crippen molar-refractivity contribution in [2.75, 3.05) is 18.0 Å². The Morgan fingerprint density at radius 2 is 1.93 bits per heavy atom. The quantitative estimate of drug-likeness (QED) is 0.650. The summed E-state index contributed by atoms with van der Waals surface area (Å²) in [5, 5.41) is 0. The van der Waals surface area contributed by atoms with Gasteiger partial charge in [0.2, 0.25) is 0 Å². The number of ketones is 1. The molecular formula is C11H9F2NO. The predicted octanol–water partition coefficient (Wildman–Crippen LogP) is 1.91. The van der Waals surface area contributed by atoms with Crippen LogP contribution >= 0.6 is 0 Å². The Kier molecular flexibility index (Phi) is 1.63. The second kappa shape index (κ2) is 2.78. The standard InChI is InChI=1S/C11H9F2NO/c12-8-5-7-9(15)2-4-14-3-1-6(10(8)13)11(7)14/h5H,1-4H2. The van der Waals surface area contributed by atoms with Crippen LogP contribution in [0.1, 0.15) is 22.3 Å². The minimum absolute atomic E-state index is 0.0803. The highest BCUT2D eigenvalue weighted by atomic mass is 19.2. The molecule has 78 valence electrons. The molecule has 0 saturated heterocycles. The SMILES string of the molecule is O=C1CCN2CCc3c(F)c(F)cc1c32. The van der Waals surface area contributed by atoms with E-state index in [1.165, 1.54) is 0 Å². The summed E-state index contributed by atoms with van der Waals surface area (Å²) in [7, 11) is 0. The van der Waals surface area contributed by atoms with Crippen LogP contribution in [0.5, 0.6) is 0 Å². The fourth-order valence-corrected chi connectivity index (χ4v) is 2.42. The topological polar surface area (TPSA) is 20.3 Å². The van der Waals surface area contributed by atoms with E-state index in [0.717, 1.165) is 6.07 Å². The molecule has 0 N–H and O–H groups in total. The largest absolute Gasteiger partial charge is 0.370 e. The first kappa shape index (κ1) is 8.83. The highest BCUT2D eigenvalue weighted by Crippen LogP contribution is 2.38. The smallest absolute Gasteiger partial charge is 0.166 e. The molecule has 0 spiro atoms. The second-order valence-corrected chi connectivity index (χ2v) is 3.96. The van der Waals surface area contributed by atoms with Gasteiger partial charge in [-0.1, -0.05) is 0 Å². The minimum Gasteiger partial charge on any atom is -0.370 e. The molecule has 1 aromatic carbocycles. The van der Waals surface area contributed by atoms with Crippen LogP contribution in [0.2, 0.25) is 0 Å². The van der Waals surface area contributed by atoms with Gasteiger partial charge in [0.1, 0.15) is 0 Å². The molecule has 0 fully saturated rings. The lowest BCUT2D eigenvalue weighted by Crippen LogP contribution is -2.29. The molecule has 0 unspecified atom stereocenters. The summed E-state index contributed by atoms with van der Waals surface area (Å²) >= 11 is 0. The summed E-state index contributed by atoms with van der Waals surface area (Å²) in [5.74, 6) is -1.77. The fourth-order valence-electron chi connectivity index (χ4n) is 2.42. The number of nitrogens with zero attached hydrogens (tertiary/aromatic N) is 1. The molecule has 0 saturated carbocycles. The zero-order valence-electron chi connectivity index (χ0n) is 8.02. The van der Waals surface area contributed by atoms with E-state index in [2.05, 4.69) is 0 Å². The van der Waals surface area contributed by atoms with E-state index < -0.39 is 11.6 Å².